The van der Waals surface area contributed by atoms with Crippen LogP contribution in [0.5, 0.6) is 0 Å². The molecule has 0 spiro atoms. The van der Waals surface area contributed by atoms with Crippen molar-refractivity contribution in [2.75, 3.05) is 11.9 Å². The number of carbonyl (C=O) groups is 1. The van der Waals surface area contributed by atoms with E-state index in [1.807, 2.05) is 37.3 Å². The first-order chi connectivity index (χ1) is 9.66. The van der Waals surface area contributed by atoms with E-state index in [0.29, 0.717) is 5.02 Å². The summed E-state index contributed by atoms with van der Waals surface area (Å²) in [6, 6.07) is 9.22. The number of anilines is 1. The third kappa shape index (κ3) is 3.86. The van der Waals surface area contributed by atoms with Crippen molar-refractivity contribution in [2.45, 2.75) is 6.92 Å². The molecule has 2 rings (SSSR count). The number of carbonyl (C=O) groups excluding carboxylic acids is 1. The number of nitrogens with zero attached hydrogens (tertiary/aromatic N) is 1. The van der Waals surface area contributed by atoms with Gasteiger partial charge in [-0.25, -0.2) is 5.43 Å². The first-order valence-corrected chi connectivity index (χ1v) is 6.49. The maximum Gasteiger partial charge on any atom is 0.259 e. The molecule has 1 heterocycles. The molecular weight excluding hydrogens is 276 g/mol. The summed E-state index contributed by atoms with van der Waals surface area (Å²) in [5, 5.41) is 7.53. The second kappa shape index (κ2) is 6.77. The number of hydrazone groups is 1. The monoisotopic (exact) mass is 290 g/mol. The summed E-state index contributed by atoms with van der Waals surface area (Å²) in [5.74, 6) is -0.229. The largest absolute Gasteiger partial charge is 0.376 e. The third-order valence-electron chi connectivity index (χ3n) is 2.72. The van der Waals surface area contributed by atoms with E-state index in [1.54, 1.807) is 12.4 Å². The van der Waals surface area contributed by atoms with Crippen LogP contribution in [0.25, 0.3) is 0 Å². The van der Waals surface area contributed by atoms with Gasteiger partial charge in [-0.1, -0.05) is 17.7 Å². The van der Waals surface area contributed by atoms with Crippen LogP contribution in [0.1, 0.15) is 11.3 Å². The van der Waals surface area contributed by atoms with Gasteiger partial charge in [-0.3, -0.25) is 4.79 Å². The van der Waals surface area contributed by atoms with Gasteiger partial charge in [0.1, 0.15) is 0 Å². The molecule has 6 heteroatoms. The molecule has 20 heavy (non-hydrogen) atoms. The number of hydrogen-bond donors (Lipinski definition) is 3. The van der Waals surface area contributed by atoms with Crippen LogP contribution in [0.4, 0.5) is 5.69 Å². The van der Waals surface area contributed by atoms with Crippen LogP contribution in [0.3, 0.4) is 0 Å². The number of aromatic nitrogens is 1. The number of H-pyrrole nitrogens is 1. The van der Waals surface area contributed by atoms with Crippen molar-refractivity contribution < 1.29 is 4.79 Å². The predicted molar refractivity (Wildman–Crippen MR) is 81.2 cm³/mol. The average Bonchev–Trinajstić information content (AvgIpc) is 2.94. The first kappa shape index (κ1) is 14.1. The molecule has 0 saturated heterocycles. The van der Waals surface area contributed by atoms with E-state index < -0.39 is 0 Å². The summed E-state index contributed by atoms with van der Waals surface area (Å²) < 4.78 is 0. The van der Waals surface area contributed by atoms with Gasteiger partial charge in [0.05, 0.1) is 18.5 Å². The van der Waals surface area contributed by atoms with E-state index >= 15 is 0 Å². The second-order valence-electron chi connectivity index (χ2n) is 4.18. The Bertz CT molecular complexity index is 608. The summed E-state index contributed by atoms with van der Waals surface area (Å²) in [4.78, 5) is 14.6. The molecule has 0 radical (unpaired) electrons. The van der Waals surface area contributed by atoms with Crippen LogP contribution in [0.15, 0.2) is 41.6 Å². The van der Waals surface area contributed by atoms with Gasteiger partial charge in [-0.05, 0) is 36.8 Å². The Kier molecular flexibility index (Phi) is 4.79. The van der Waals surface area contributed by atoms with Crippen molar-refractivity contribution in [1.29, 1.82) is 0 Å². The smallest absolute Gasteiger partial charge is 0.259 e. The third-order valence-corrected chi connectivity index (χ3v) is 3.13. The minimum Gasteiger partial charge on any atom is -0.376 e. The van der Waals surface area contributed by atoms with Crippen LogP contribution in [0.2, 0.25) is 5.02 Å². The lowest BCUT2D eigenvalue weighted by molar-refractivity contribution is -0.119. The van der Waals surface area contributed by atoms with Crippen molar-refractivity contribution in [2.24, 2.45) is 5.10 Å². The molecule has 104 valence electrons. The lowest BCUT2D eigenvalue weighted by atomic mass is 10.2. The van der Waals surface area contributed by atoms with E-state index in [0.717, 1.165) is 16.9 Å². The molecule has 1 amide bonds. The SMILES string of the molecule is Cc1c(Cl)cccc1NCC(=O)N/N=C\c1ccc[nH]1. The van der Waals surface area contributed by atoms with Crippen molar-refractivity contribution in [3.05, 3.63) is 52.8 Å². The minimum atomic E-state index is -0.229. The lowest BCUT2D eigenvalue weighted by Crippen LogP contribution is -2.26. The standard InChI is InChI=1S/C14H15ClN4O/c1-10-12(15)5-2-6-13(10)17-9-14(20)19-18-8-11-4-3-7-16-11/h2-8,16-17H,9H2,1H3,(H,19,20)/b18-8-. The zero-order valence-electron chi connectivity index (χ0n) is 11.0. The van der Waals surface area contributed by atoms with E-state index in [4.69, 9.17) is 11.6 Å². The molecule has 0 fully saturated rings. The topological polar surface area (TPSA) is 69.3 Å². The number of rotatable bonds is 5. The lowest BCUT2D eigenvalue weighted by Gasteiger charge is -2.09. The molecule has 1 aromatic heterocycles. The molecule has 0 aliphatic carbocycles. The quantitative estimate of drug-likeness (QED) is 0.585. The summed E-state index contributed by atoms with van der Waals surface area (Å²) in [6.45, 7) is 2.02. The summed E-state index contributed by atoms with van der Waals surface area (Å²) in [5.41, 5.74) is 5.01. The highest BCUT2D eigenvalue weighted by Crippen LogP contribution is 2.22. The molecular formula is C14H15ClN4O. The average molecular weight is 291 g/mol. The van der Waals surface area contributed by atoms with Gasteiger partial charge >= 0.3 is 0 Å². The van der Waals surface area contributed by atoms with Crippen molar-refractivity contribution in [1.82, 2.24) is 10.4 Å². The van der Waals surface area contributed by atoms with Crippen molar-refractivity contribution >= 4 is 29.4 Å². The van der Waals surface area contributed by atoms with Gasteiger partial charge in [-0.15, -0.1) is 0 Å². The molecule has 0 aliphatic rings. The second-order valence-corrected chi connectivity index (χ2v) is 4.59. The van der Waals surface area contributed by atoms with Gasteiger partial charge in [0.15, 0.2) is 0 Å². The fourth-order valence-corrected chi connectivity index (χ4v) is 1.79. The maximum absolute atomic E-state index is 11.6. The fraction of sp³-hybridized carbons (Fsp3) is 0.143. The number of hydrogen-bond acceptors (Lipinski definition) is 3. The Morgan fingerprint density at radius 1 is 1.40 bits per heavy atom. The zero-order valence-corrected chi connectivity index (χ0v) is 11.7. The fourth-order valence-electron chi connectivity index (χ4n) is 1.61. The highest BCUT2D eigenvalue weighted by atomic mass is 35.5. The normalized spacial score (nSPS) is 10.7. The Labute approximate surface area is 122 Å². The molecule has 5 nitrogen and oxygen atoms in total. The van der Waals surface area contributed by atoms with Crippen LogP contribution in [0, 0.1) is 6.92 Å². The Morgan fingerprint density at radius 3 is 3.00 bits per heavy atom. The molecule has 3 N–H and O–H groups in total. The molecule has 2 aromatic rings. The summed E-state index contributed by atoms with van der Waals surface area (Å²) >= 11 is 6.00. The number of benzene rings is 1. The first-order valence-electron chi connectivity index (χ1n) is 6.11. The zero-order chi connectivity index (χ0) is 14.4. The highest BCUT2D eigenvalue weighted by molar-refractivity contribution is 6.31. The minimum absolute atomic E-state index is 0.128. The summed E-state index contributed by atoms with van der Waals surface area (Å²) in [6.07, 6.45) is 3.33. The van der Waals surface area contributed by atoms with E-state index in [-0.39, 0.29) is 12.5 Å². The Balaban J connectivity index is 1.82. The molecule has 0 saturated carbocycles. The number of nitrogens with one attached hydrogen (secondary N) is 3. The predicted octanol–water partition coefficient (Wildman–Crippen LogP) is 2.54. The number of amides is 1. The molecule has 0 unspecified atom stereocenters. The van der Waals surface area contributed by atoms with Gasteiger partial charge < -0.3 is 10.3 Å². The number of aromatic amines is 1. The highest BCUT2D eigenvalue weighted by Gasteiger charge is 2.04. The van der Waals surface area contributed by atoms with Crippen molar-refractivity contribution in [3.63, 3.8) is 0 Å². The van der Waals surface area contributed by atoms with Crippen LogP contribution in [-0.2, 0) is 4.79 Å². The van der Waals surface area contributed by atoms with Crippen LogP contribution in [-0.4, -0.2) is 23.7 Å². The number of halogens is 1. The molecule has 1 aromatic carbocycles. The van der Waals surface area contributed by atoms with E-state index in [1.165, 1.54) is 0 Å². The van der Waals surface area contributed by atoms with Gasteiger partial charge in [0, 0.05) is 16.9 Å². The van der Waals surface area contributed by atoms with Crippen LogP contribution >= 0.6 is 11.6 Å². The van der Waals surface area contributed by atoms with E-state index in [9.17, 15) is 4.79 Å². The molecule has 0 bridgehead atoms. The summed E-state index contributed by atoms with van der Waals surface area (Å²) in [7, 11) is 0. The Hall–Kier alpha value is -2.27. The maximum atomic E-state index is 11.6. The van der Waals surface area contributed by atoms with Gasteiger partial charge in [0.25, 0.3) is 5.91 Å². The van der Waals surface area contributed by atoms with Crippen molar-refractivity contribution in [3.8, 4) is 0 Å². The Morgan fingerprint density at radius 2 is 2.25 bits per heavy atom. The van der Waals surface area contributed by atoms with Gasteiger partial charge in [-0.2, -0.15) is 5.10 Å². The molecule has 0 atom stereocenters. The van der Waals surface area contributed by atoms with Crippen LogP contribution < -0.4 is 10.7 Å². The van der Waals surface area contributed by atoms with Gasteiger partial charge in [0.2, 0.25) is 0 Å². The van der Waals surface area contributed by atoms with E-state index in [2.05, 4.69) is 20.8 Å². The molecule has 0 aliphatic heterocycles.